The molecule has 0 aromatic heterocycles. The number of hydrogen-bond donors (Lipinski definition) is 1. The number of phenolic OH excluding ortho intramolecular Hbond substituents is 1. The van der Waals surface area contributed by atoms with Gasteiger partial charge >= 0.3 is 0 Å². The van der Waals surface area contributed by atoms with Gasteiger partial charge in [0.25, 0.3) is 0 Å². The Hall–Kier alpha value is -2.55. The van der Waals surface area contributed by atoms with E-state index in [9.17, 15) is 9.90 Å². The van der Waals surface area contributed by atoms with Crippen LogP contribution in [0.1, 0.15) is 27.9 Å². The summed E-state index contributed by atoms with van der Waals surface area (Å²) in [5.41, 5.74) is 3.55. The predicted octanol–water partition coefficient (Wildman–Crippen LogP) is 3.61. The van der Waals surface area contributed by atoms with Crippen molar-refractivity contribution >= 4 is 11.9 Å². The van der Waals surface area contributed by atoms with Crippen molar-refractivity contribution in [2.24, 2.45) is 0 Å². The van der Waals surface area contributed by atoms with Crippen LogP contribution in [0.5, 0.6) is 11.5 Å². The van der Waals surface area contributed by atoms with Gasteiger partial charge in [0.15, 0.2) is 17.3 Å². The van der Waals surface area contributed by atoms with Crippen molar-refractivity contribution in [3.05, 3.63) is 64.7 Å². The summed E-state index contributed by atoms with van der Waals surface area (Å²) in [6.45, 7) is 0. The zero-order valence-electron chi connectivity index (χ0n) is 11.8. The first-order valence-electron chi connectivity index (χ1n) is 6.89. The Labute approximate surface area is 123 Å². The molecular formula is C18H16O3. The predicted molar refractivity (Wildman–Crippen MR) is 81.7 cm³/mol. The van der Waals surface area contributed by atoms with Gasteiger partial charge in [0.1, 0.15) is 0 Å². The van der Waals surface area contributed by atoms with Crippen molar-refractivity contribution in [3.8, 4) is 11.5 Å². The molecule has 0 fully saturated rings. The summed E-state index contributed by atoms with van der Waals surface area (Å²) in [6.07, 6.45) is 3.49. The van der Waals surface area contributed by atoms with Crippen LogP contribution in [0.3, 0.4) is 0 Å². The molecule has 0 unspecified atom stereocenters. The molecule has 0 atom stereocenters. The van der Waals surface area contributed by atoms with Gasteiger partial charge in [-0.2, -0.15) is 0 Å². The molecule has 1 N–H and O–H groups in total. The van der Waals surface area contributed by atoms with E-state index < -0.39 is 0 Å². The van der Waals surface area contributed by atoms with Crippen LogP contribution in [0.2, 0.25) is 0 Å². The van der Waals surface area contributed by atoms with Gasteiger partial charge in [-0.15, -0.1) is 0 Å². The third-order valence-corrected chi connectivity index (χ3v) is 3.76. The van der Waals surface area contributed by atoms with E-state index in [1.165, 1.54) is 7.11 Å². The summed E-state index contributed by atoms with van der Waals surface area (Å²) in [5, 5.41) is 9.61. The lowest BCUT2D eigenvalue weighted by atomic mass is 9.86. The number of hydrogen-bond acceptors (Lipinski definition) is 3. The Bertz CT molecular complexity index is 729. The average molecular weight is 280 g/mol. The number of allylic oxidation sites excluding steroid dienone is 1. The largest absolute Gasteiger partial charge is 0.504 e. The molecule has 0 heterocycles. The van der Waals surface area contributed by atoms with E-state index >= 15 is 0 Å². The summed E-state index contributed by atoms with van der Waals surface area (Å²) < 4.78 is 5.09. The van der Waals surface area contributed by atoms with Gasteiger partial charge < -0.3 is 9.84 Å². The highest BCUT2D eigenvalue weighted by Crippen LogP contribution is 2.30. The molecule has 106 valence electrons. The number of carbonyl (C=O) groups excluding carboxylic acids is 1. The van der Waals surface area contributed by atoms with E-state index in [2.05, 4.69) is 0 Å². The third-order valence-electron chi connectivity index (χ3n) is 3.76. The highest BCUT2D eigenvalue weighted by Gasteiger charge is 2.21. The first kappa shape index (κ1) is 13.4. The molecule has 3 heteroatoms. The van der Waals surface area contributed by atoms with Gasteiger partial charge in [0.05, 0.1) is 7.11 Å². The lowest BCUT2D eigenvalue weighted by molar-refractivity contribution is 0.102. The molecule has 1 aliphatic carbocycles. The van der Waals surface area contributed by atoms with Gasteiger partial charge in [-0.25, -0.2) is 0 Å². The molecule has 1 aliphatic rings. The molecule has 2 aromatic carbocycles. The van der Waals surface area contributed by atoms with Crippen molar-refractivity contribution in [2.75, 3.05) is 7.11 Å². The standard InChI is InChI=1S/C18H16O3/c1-21-17-11-12(6-9-16(17)19)10-14-8-7-13-4-2-3-5-15(13)18(14)20/h2-6,9-11,19H,7-8H2,1H3. The van der Waals surface area contributed by atoms with Crippen LogP contribution in [0.4, 0.5) is 0 Å². The van der Waals surface area contributed by atoms with Crippen LogP contribution in [0.25, 0.3) is 6.08 Å². The lowest BCUT2D eigenvalue weighted by Gasteiger charge is -2.17. The molecule has 0 radical (unpaired) electrons. The fourth-order valence-electron chi connectivity index (χ4n) is 2.64. The van der Waals surface area contributed by atoms with Crippen molar-refractivity contribution in [3.63, 3.8) is 0 Å². The van der Waals surface area contributed by atoms with Crippen molar-refractivity contribution < 1.29 is 14.6 Å². The fourth-order valence-corrected chi connectivity index (χ4v) is 2.64. The molecular weight excluding hydrogens is 264 g/mol. The molecule has 0 saturated carbocycles. The molecule has 2 aromatic rings. The Morgan fingerprint density at radius 1 is 1.14 bits per heavy atom. The number of benzene rings is 2. The van der Waals surface area contributed by atoms with E-state index in [0.717, 1.165) is 35.1 Å². The van der Waals surface area contributed by atoms with Gasteiger partial charge in [0.2, 0.25) is 0 Å². The lowest BCUT2D eigenvalue weighted by Crippen LogP contribution is -2.13. The minimum absolute atomic E-state index is 0.0869. The minimum Gasteiger partial charge on any atom is -0.504 e. The van der Waals surface area contributed by atoms with E-state index in [-0.39, 0.29) is 11.5 Å². The highest BCUT2D eigenvalue weighted by atomic mass is 16.5. The van der Waals surface area contributed by atoms with Gasteiger partial charge in [-0.1, -0.05) is 30.3 Å². The van der Waals surface area contributed by atoms with Crippen LogP contribution in [0, 0.1) is 0 Å². The third kappa shape index (κ3) is 2.55. The summed E-state index contributed by atoms with van der Waals surface area (Å²) in [4.78, 5) is 12.5. The molecule has 0 saturated heterocycles. The Morgan fingerprint density at radius 3 is 2.76 bits per heavy atom. The van der Waals surface area contributed by atoms with Crippen LogP contribution >= 0.6 is 0 Å². The molecule has 3 rings (SSSR count). The van der Waals surface area contributed by atoms with E-state index in [1.807, 2.05) is 30.3 Å². The number of ketones is 1. The van der Waals surface area contributed by atoms with Crippen molar-refractivity contribution in [2.45, 2.75) is 12.8 Å². The van der Waals surface area contributed by atoms with Gasteiger partial charge in [-0.3, -0.25) is 4.79 Å². The van der Waals surface area contributed by atoms with Crippen LogP contribution in [0.15, 0.2) is 48.0 Å². The number of aromatic hydroxyl groups is 1. The maximum Gasteiger partial charge on any atom is 0.189 e. The zero-order chi connectivity index (χ0) is 14.8. The maximum absolute atomic E-state index is 12.5. The number of Topliss-reactive ketones (excluding diaryl/α,β-unsaturated/α-hetero) is 1. The smallest absolute Gasteiger partial charge is 0.189 e. The number of rotatable bonds is 2. The average Bonchev–Trinajstić information content (AvgIpc) is 2.52. The van der Waals surface area contributed by atoms with E-state index in [4.69, 9.17) is 4.74 Å². The monoisotopic (exact) mass is 280 g/mol. The molecule has 3 nitrogen and oxygen atoms in total. The summed E-state index contributed by atoms with van der Waals surface area (Å²) in [7, 11) is 1.51. The second-order valence-corrected chi connectivity index (χ2v) is 5.09. The second-order valence-electron chi connectivity index (χ2n) is 5.09. The summed E-state index contributed by atoms with van der Waals surface area (Å²) in [6, 6.07) is 12.8. The number of phenols is 1. The molecule has 21 heavy (non-hydrogen) atoms. The van der Waals surface area contributed by atoms with Crippen LogP contribution in [-0.2, 0) is 6.42 Å². The first-order chi connectivity index (χ1) is 10.2. The Kier molecular flexibility index (Phi) is 3.48. The van der Waals surface area contributed by atoms with Crippen LogP contribution in [-0.4, -0.2) is 18.0 Å². The second kappa shape index (κ2) is 5.44. The first-order valence-corrected chi connectivity index (χ1v) is 6.89. The molecule has 0 spiro atoms. The fraction of sp³-hybridized carbons (Fsp3) is 0.167. The minimum atomic E-state index is 0.0869. The van der Waals surface area contributed by atoms with Gasteiger partial charge in [-0.05, 0) is 42.2 Å². The van der Waals surface area contributed by atoms with Crippen LogP contribution < -0.4 is 4.74 Å². The number of fused-ring (bicyclic) bond motifs is 1. The molecule has 0 amide bonds. The summed E-state index contributed by atoms with van der Waals surface area (Å²) in [5.74, 6) is 0.594. The highest BCUT2D eigenvalue weighted by molar-refractivity contribution is 6.13. The van der Waals surface area contributed by atoms with Crippen molar-refractivity contribution in [1.82, 2.24) is 0 Å². The Morgan fingerprint density at radius 2 is 1.95 bits per heavy atom. The van der Waals surface area contributed by atoms with E-state index in [0.29, 0.717) is 5.75 Å². The topological polar surface area (TPSA) is 46.5 Å². The SMILES string of the molecule is COc1cc(C=C2CCc3ccccc3C2=O)ccc1O. The Balaban J connectivity index is 1.96. The maximum atomic E-state index is 12.5. The number of carbonyl (C=O) groups is 1. The molecule has 0 bridgehead atoms. The number of aryl methyl sites for hydroxylation is 1. The summed E-state index contributed by atoms with van der Waals surface area (Å²) >= 11 is 0. The number of methoxy groups -OCH3 is 1. The normalized spacial score (nSPS) is 15.9. The van der Waals surface area contributed by atoms with E-state index in [1.54, 1.807) is 18.2 Å². The molecule has 0 aliphatic heterocycles. The van der Waals surface area contributed by atoms with Gasteiger partial charge in [0, 0.05) is 11.1 Å². The zero-order valence-corrected chi connectivity index (χ0v) is 11.8. The van der Waals surface area contributed by atoms with Crippen molar-refractivity contribution in [1.29, 1.82) is 0 Å². The quantitative estimate of drug-likeness (QED) is 0.855. The number of ether oxygens (including phenoxy) is 1.